The zero-order chi connectivity index (χ0) is 17.2. The van der Waals surface area contributed by atoms with Crippen LogP contribution in [0.4, 0.5) is 5.95 Å². The first kappa shape index (κ1) is 16.5. The highest BCUT2D eigenvalue weighted by Crippen LogP contribution is 2.23. The van der Waals surface area contributed by atoms with Crippen LogP contribution >= 0.6 is 0 Å². The van der Waals surface area contributed by atoms with Gasteiger partial charge in [0, 0.05) is 45.3 Å². The Balaban J connectivity index is 1.44. The van der Waals surface area contributed by atoms with Crippen molar-refractivity contribution in [2.45, 2.75) is 26.3 Å². The van der Waals surface area contributed by atoms with E-state index in [1.165, 1.54) is 38.2 Å². The summed E-state index contributed by atoms with van der Waals surface area (Å²) in [5.41, 5.74) is 2.26. The Kier molecular flexibility index (Phi) is 4.67. The summed E-state index contributed by atoms with van der Waals surface area (Å²) in [6.45, 7) is 12.3. The maximum Gasteiger partial charge on any atom is 0.250 e. The molecule has 4 rings (SSSR count). The molecular formula is C18H27N7. The fourth-order valence-electron chi connectivity index (χ4n) is 3.90. The fraction of sp³-hybridized carbons (Fsp3) is 0.611. The SMILES string of the molecule is CCN1CCN(C2CCN(c3nnnn3-c3ccc(C)cc3)C2)CC1. The molecule has 2 saturated heterocycles. The Morgan fingerprint density at radius 2 is 1.80 bits per heavy atom. The monoisotopic (exact) mass is 341 g/mol. The van der Waals surface area contributed by atoms with Gasteiger partial charge in [0.15, 0.2) is 0 Å². The van der Waals surface area contributed by atoms with E-state index in [9.17, 15) is 0 Å². The first-order chi connectivity index (χ1) is 12.2. The number of aromatic nitrogens is 4. The van der Waals surface area contributed by atoms with E-state index in [-0.39, 0.29) is 0 Å². The second kappa shape index (κ2) is 7.09. The minimum absolute atomic E-state index is 0.613. The van der Waals surface area contributed by atoms with Crippen LogP contribution in [-0.4, -0.2) is 81.9 Å². The molecule has 1 unspecified atom stereocenters. The minimum Gasteiger partial charge on any atom is -0.338 e. The molecule has 0 bridgehead atoms. The summed E-state index contributed by atoms with van der Waals surface area (Å²) < 4.78 is 1.86. The molecular weight excluding hydrogens is 314 g/mol. The molecule has 3 heterocycles. The van der Waals surface area contributed by atoms with E-state index in [2.05, 4.69) is 68.3 Å². The van der Waals surface area contributed by atoms with Gasteiger partial charge in [0.1, 0.15) is 0 Å². The summed E-state index contributed by atoms with van der Waals surface area (Å²) in [7, 11) is 0. The summed E-state index contributed by atoms with van der Waals surface area (Å²) >= 11 is 0. The molecule has 7 heteroatoms. The van der Waals surface area contributed by atoms with Gasteiger partial charge in [0.2, 0.25) is 5.95 Å². The lowest BCUT2D eigenvalue weighted by Crippen LogP contribution is -2.50. The van der Waals surface area contributed by atoms with Crippen LogP contribution < -0.4 is 4.90 Å². The first-order valence-corrected chi connectivity index (χ1v) is 9.31. The van der Waals surface area contributed by atoms with Gasteiger partial charge in [-0.3, -0.25) is 4.90 Å². The standard InChI is InChI=1S/C18H27N7/c1-3-22-10-12-23(13-11-22)17-8-9-24(14-17)18-19-20-21-25(18)16-6-4-15(2)5-7-16/h4-7,17H,3,8-14H2,1-2H3. The van der Waals surface area contributed by atoms with Crippen molar-refractivity contribution in [3.63, 3.8) is 0 Å². The lowest BCUT2D eigenvalue weighted by atomic mass is 10.2. The number of hydrogen-bond acceptors (Lipinski definition) is 6. The highest BCUT2D eigenvalue weighted by molar-refractivity contribution is 5.42. The van der Waals surface area contributed by atoms with E-state index in [0.717, 1.165) is 31.3 Å². The summed E-state index contributed by atoms with van der Waals surface area (Å²) in [4.78, 5) is 7.50. The molecule has 2 fully saturated rings. The smallest absolute Gasteiger partial charge is 0.250 e. The molecule has 2 aliphatic heterocycles. The Hall–Kier alpha value is -1.99. The van der Waals surface area contributed by atoms with Gasteiger partial charge in [-0.15, -0.1) is 0 Å². The van der Waals surface area contributed by atoms with Gasteiger partial charge in [-0.1, -0.05) is 29.7 Å². The summed E-state index contributed by atoms with van der Waals surface area (Å²) in [6.07, 6.45) is 1.19. The highest BCUT2D eigenvalue weighted by atomic mass is 15.6. The Labute approximate surface area is 149 Å². The van der Waals surface area contributed by atoms with Crippen molar-refractivity contribution in [2.75, 3.05) is 50.7 Å². The third-order valence-corrected chi connectivity index (χ3v) is 5.55. The lowest BCUT2D eigenvalue weighted by Gasteiger charge is -2.37. The van der Waals surface area contributed by atoms with Crippen LogP contribution in [0.2, 0.25) is 0 Å². The Morgan fingerprint density at radius 3 is 2.52 bits per heavy atom. The molecule has 25 heavy (non-hydrogen) atoms. The highest BCUT2D eigenvalue weighted by Gasteiger charge is 2.32. The molecule has 0 aliphatic carbocycles. The fourth-order valence-corrected chi connectivity index (χ4v) is 3.90. The van der Waals surface area contributed by atoms with Gasteiger partial charge < -0.3 is 9.80 Å². The van der Waals surface area contributed by atoms with Crippen molar-refractivity contribution < 1.29 is 0 Å². The van der Waals surface area contributed by atoms with Crippen LogP contribution in [0.25, 0.3) is 5.69 Å². The van der Waals surface area contributed by atoms with Crippen LogP contribution in [0.1, 0.15) is 18.9 Å². The number of anilines is 1. The van der Waals surface area contributed by atoms with E-state index in [1.807, 2.05) is 4.68 Å². The van der Waals surface area contributed by atoms with Crippen LogP contribution in [0.3, 0.4) is 0 Å². The number of aryl methyl sites for hydroxylation is 1. The number of hydrogen-bond donors (Lipinski definition) is 0. The van der Waals surface area contributed by atoms with Gasteiger partial charge in [-0.05, 0) is 42.4 Å². The molecule has 0 amide bonds. The number of piperazine rings is 1. The predicted octanol–water partition coefficient (Wildman–Crippen LogP) is 1.19. The normalized spacial score (nSPS) is 22.6. The first-order valence-electron chi connectivity index (χ1n) is 9.31. The van der Waals surface area contributed by atoms with Crippen molar-refractivity contribution in [2.24, 2.45) is 0 Å². The maximum atomic E-state index is 4.30. The quantitative estimate of drug-likeness (QED) is 0.833. The van der Waals surface area contributed by atoms with Crippen LogP contribution in [0.15, 0.2) is 24.3 Å². The van der Waals surface area contributed by atoms with Crippen molar-refractivity contribution in [1.82, 2.24) is 30.0 Å². The van der Waals surface area contributed by atoms with Gasteiger partial charge in [-0.25, -0.2) is 0 Å². The zero-order valence-corrected chi connectivity index (χ0v) is 15.2. The van der Waals surface area contributed by atoms with E-state index in [0.29, 0.717) is 6.04 Å². The van der Waals surface area contributed by atoms with E-state index >= 15 is 0 Å². The topological polar surface area (TPSA) is 53.3 Å². The molecule has 2 aromatic rings. The largest absolute Gasteiger partial charge is 0.338 e. The summed E-state index contributed by atoms with van der Waals surface area (Å²) in [5.74, 6) is 0.860. The van der Waals surface area contributed by atoms with Crippen molar-refractivity contribution in [3.05, 3.63) is 29.8 Å². The molecule has 2 aliphatic rings. The molecule has 0 radical (unpaired) electrons. The van der Waals surface area contributed by atoms with Gasteiger partial charge in [0.05, 0.1) is 5.69 Å². The third kappa shape index (κ3) is 3.39. The molecule has 0 N–H and O–H groups in total. The maximum absolute atomic E-state index is 4.30. The second-order valence-corrected chi connectivity index (χ2v) is 7.08. The van der Waals surface area contributed by atoms with Crippen molar-refractivity contribution in [1.29, 1.82) is 0 Å². The summed E-state index contributed by atoms with van der Waals surface area (Å²) in [5, 5.41) is 12.4. The number of likely N-dealkylation sites (N-methyl/N-ethyl adjacent to an activating group) is 1. The van der Waals surface area contributed by atoms with Gasteiger partial charge in [-0.2, -0.15) is 4.68 Å². The molecule has 1 aromatic heterocycles. The Morgan fingerprint density at radius 1 is 1.04 bits per heavy atom. The number of benzene rings is 1. The third-order valence-electron chi connectivity index (χ3n) is 5.55. The average molecular weight is 341 g/mol. The Bertz CT molecular complexity index is 688. The van der Waals surface area contributed by atoms with Crippen molar-refractivity contribution >= 4 is 5.95 Å². The average Bonchev–Trinajstić information content (AvgIpc) is 3.31. The van der Waals surface area contributed by atoms with Gasteiger partial charge in [0.25, 0.3) is 0 Å². The lowest BCUT2D eigenvalue weighted by molar-refractivity contribution is 0.107. The van der Waals surface area contributed by atoms with E-state index in [4.69, 9.17) is 0 Å². The molecule has 134 valence electrons. The number of nitrogens with zero attached hydrogens (tertiary/aromatic N) is 7. The molecule has 1 atom stereocenters. The molecule has 0 saturated carbocycles. The zero-order valence-electron chi connectivity index (χ0n) is 15.2. The van der Waals surface area contributed by atoms with Crippen LogP contribution in [-0.2, 0) is 0 Å². The molecule has 0 spiro atoms. The summed E-state index contributed by atoms with van der Waals surface area (Å²) in [6, 6.07) is 8.96. The van der Waals surface area contributed by atoms with Crippen LogP contribution in [0, 0.1) is 6.92 Å². The minimum atomic E-state index is 0.613. The van der Waals surface area contributed by atoms with Gasteiger partial charge >= 0.3 is 0 Å². The van der Waals surface area contributed by atoms with Crippen LogP contribution in [0.5, 0.6) is 0 Å². The molecule has 7 nitrogen and oxygen atoms in total. The number of rotatable bonds is 4. The van der Waals surface area contributed by atoms with E-state index in [1.54, 1.807) is 0 Å². The van der Waals surface area contributed by atoms with Crippen molar-refractivity contribution in [3.8, 4) is 5.69 Å². The number of tetrazole rings is 1. The second-order valence-electron chi connectivity index (χ2n) is 7.08. The molecule has 1 aromatic carbocycles. The predicted molar refractivity (Wildman–Crippen MR) is 98.2 cm³/mol. The van der Waals surface area contributed by atoms with E-state index < -0.39 is 0 Å².